The predicted octanol–water partition coefficient (Wildman–Crippen LogP) is 0.0373. The molecule has 0 spiro atoms. The molecule has 0 radical (unpaired) electrons. The number of nitrogens with zero attached hydrogens (tertiary/aromatic N) is 3. The van der Waals surface area contributed by atoms with Crippen molar-refractivity contribution in [3.05, 3.63) is 17.5 Å². The lowest BCUT2D eigenvalue weighted by atomic mass is 10.4. The zero-order chi connectivity index (χ0) is 12.2. The van der Waals surface area contributed by atoms with Gasteiger partial charge < -0.3 is 0 Å². The third-order valence-electron chi connectivity index (χ3n) is 1.55. The van der Waals surface area contributed by atoms with E-state index in [1.807, 2.05) is 6.07 Å². The Morgan fingerprint density at radius 2 is 2.25 bits per heavy atom. The van der Waals surface area contributed by atoms with Crippen LogP contribution in [0.4, 0.5) is 0 Å². The minimum Gasteiger partial charge on any atom is -0.229 e. The molecule has 1 heterocycles. The van der Waals surface area contributed by atoms with Crippen molar-refractivity contribution in [2.45, 2.75) is 12.1 Å². The average molecular weight is 258 g/mol. The van der Waals surface area contributed by atoms with Crippen molar-refractivity contribution in [1.82, 2.24) is 9.97 Å². The fourth-order valence-electron chi connectivity index (χ4n) is 0.912. The minimum absolute atomic E-state index is 0.142. The summed E-state index contributed by atoms with van der Waals surface area (Å²) in [6.45, 7) is 1.74. The van der Waals surface area contributed by atoms with Crippen molar-refractivity contribution in [2.24, 2.45) is 5.14 Å². The zero-order valence-electron chi connectivity index (χ0n) is 8.54. The molecule has 1 aromatic heterocycles. The van der Waals surface area contributed by atoms with Crippen LogP contribution < -0.4 is 5.14 Å². The standard InChI is InChI=1S/C8H10N4O2S2/c1-6-4-7(5-9)12-8(11-6)15-2-3-16(10,13)14/h4H,2-3H2,1H3,(H2,10,13,14). The average Bonchev–Trinajstić information content (AvgIpc) is 2.14. The summed E-state index contributed by atoms with van der Waals surface area (Å²) in [6, 6.07) is 3.47. The molecule has 0 aliphatic carbocycles. The predicted molar refractivity (Wildman–Crippen MR) is 60.2 cm³/mol. The number of nitrogens with two attached hydrogens (primary N) is 1. The van der Waals surface area contributed by atoms with Gasteiger partial charge in [0.05, 0.1) is 5.75 Å². The van der Waals surface area contributed by atoms with Crippen LogP contribution in [0.25, 0.3) is 0 Å². The maximum Gasteiger partial charge on any atom is 0.209 e. The number of aromatic nitrogens is 2. The van der Waals surface area contributed by atoms with E-state index in [1.165, 1.54) is 0 Å². The molecule has 0 amide bonds. The van der Waals surface area contributed by atoms with E-state index in [2.05, 4.69) is 9.97 Å². The highest BCUT2D eigenvalue weighted by Gasteiger charge is 2.06. The molecule has 0 fully saturated rings. The van der Waals surface area contributed by atoms with Crippen LogP contribution in [-0.4, -0.2) is 29.9 Å². The van der Waals surface area contributed by atoms with Crippen molar-refractivity contribution in [1.29, 1.82) is 5.26 Å². The zero-order valence-corrected chi connectivity index (χ0v) is 10.2. The summed E-state index contributed by atoms with van der Waals surface area (Å²) in [7, 11) is -3.46. The second-order valence-corrected chi connectivity index (χ2v) is 5.80. The Morgan fingerprint density at radius 3 is 2.81 bits per heavy atom. The lowest BCUT2D eigenvalue weighted by Gasteiger charge is -2.00. The molecule has 0 aromatic carbocycles. The van der Waals surface area contributed by atoms with Crippen LogP contribution in [0.1, 0.15) is 11.4 Å². The lowest BCUT2D eigenvalue weighted by molar-refractivity contribution is 0.599. The minimum atomic E-state index is -3.46. The second kappa shape index (κ2) is 5.25. The first kappa shape index (κ1) is 12.9. The normalized spacial score (nSPS) is 11.1. The number of sulfonamides is 1. The summed E-state index contributed by atoms with van der Waals surface area (Å²) < 4.78 is 21.4. The molecule has 1 rings (SSSR count). The molecule has 1 aromatic rings. The molecule has 0 saturated carbocycles. The third-order valence-corrected chi connectivity index (χ3v) is 3.43. The van der Waals surface area contributed by atoms with E-state index in [-0.39, 0.29) is 17.2 Å². The van der Waals surface area contributed by atoms with E-state index in [4.69, 9.17) is 10.4 Å². The van der Waals surface area contributed by atoms with Gasteiger partial charge in [-0.05, 0) is 13.0 Å². The summed E-state index contributed by atoms with van der Waals surface area (Å²) in [4.78, 5) is 7.99. The number of hydrogen-bond donors (Lipinski definition) is 1. The molecule has 0 atom stereocenters. The molecular formula is C8H10N4O2S2. The molecule has 2 N–H and O–H groups in total. The third kappa shape index (κ3) is 4.57. The van der Waals surface area contributed by atoms with E-state index < -0.39 is 10.0 Å². The summed E-state index contributed by atoms with van der Waals surface area (Å²) in [5.41, 5.74) is 0.940. The van der Waals surface area contributed by atoms with Crippen LogP contribution in [0.5, 0.6) is 0 Å². The molecule has 0 aliphatic heterocycles. The van der Waals surface area contributed by atoms with Gasteiger partial charge in [-0.2, -0.15) is 5.26 Å². The maximum absolute atomic E-state index is 10.7. The van der Waals surface area contributed by atoms with E-state index in [0.29, 0.717) is 10.9 Å². The smallest absolute Gasteiger partial charge is 0.209 e. The lowest BCUT2D eigenvalue weighted by Crippen LogP contribution is -2.17. The Hall–Kier alpha value is -1.17. The SMILES string of the molecule is Cc1cc(C#N)nc(SCCS(N)(=O)=O)n1. The van der Waals surface area contributed by atoms with Crippen LogP contribution in [0.15, 0.2) is 11.2 Å². The molecule has 0 saturated heterocycles. The quantitative estimate of drug-likeness (QED) is 0.603. The van der Waals surface area contributed by atoms with Crippen LogP contribution in [0.3, 0.4) is 0 Å². The first-order chi connectivity index (χ1) is 7.40. The molecule has 0 unspecified atom stereocenters. The molecule has 86 valence electrons. The van der Waals surface area contributed by atoms with Crippen LogP contribution in [0.2, 0.25) is 0 Å². The number of nitriles is 1. The summed E-state index contributed by atoms with van der Waals surface area (Å²) >= 11 is 1.16. The van der Waals surface area contributed by atoms with Crippen molar-refractivity contribution in [3.63, 3.8) is 0 Å². The topological polar surface area (TPSA) is 110 Å². The Balaban J connectivity index is 2.68. The number of rotatable bonds is 4. The maximum atomic E-state index is 10.7. The molecule has 6 nitrogen and oxygen atoms in total. The van der Waals surface area contributed by atoms with Crippen molar-refractivity contribution in [3.8, 4) is 6.07 Å². The van der Waals surface area contributed by atoms with Gasteiger partial charge in [0.15, 0.2) is 5.16 Å². The highest BCUT2D eigenvalue weighted by Crippen LogP contribution is 2.13. The fourth-order valence-corrected chi connectivity index (χ4v) is 2.73. The molecule has 0 bridgehead atoms. The first-order valence-electron chi connectivity index (χ1n) is 4.30. The van der Waals surface area contributed by atoms with Crippen LogP contribution in [0, 0.1) is 18.3 Å². The van der Waals surface area contributed by atoms with Gasteiger partial charge in [0.1, 0.15) is 11.8 Å². The number of hydrogen-bond acceptors (Lipinski definition) is 6. The summed E-state index contributed by atoms with van der Waals surface area (Å²) in [6.07, 6.45) is 0. The Morgan fingerprint density at radius 1 is 1.56 bits per heavy atom. The molecule has 8 heteroatoms. The number of thioether (sulfide) groups is 1. The van der Waals surface area contributed by atoms with Gasteiger partial charge in [0.2, 0.25) is 10.0 Å². The first-order valence-corrected chi connectivity index (χ1v) is 7.00. The Labute approximate surface area is 97.9 Å². The van der Waals surface area contributed by atoms with Gasteiger partial charge in [-0.25, -0.2) is 23.5 Å². The second-order valence-electron chi connectivity index (χ2n) is 3.00. The van der Waals surface area contributed by atoms with Crippen molar-refractivity contribution in [2.75, 3.05) is 11.5 Å². The van der Waals surface area contributed by atoms with E-state index >= 15 is 0 Å². The van der Waals surface area contributed by atoms with Crippen LogP contribution >= 0.6 is 11.8 Å². The van der Waals surface area contributed by atoms with E-state index in [1.54, 1.807) is 13.0 Å². The summed E-state index contributed by atoms with van der Waals surface area (Å²) in [5.74, 6) is 0.129. The molecule has 16 heavy (non-hydrogen) atoms. The van der Waals surface area contributed by atoms with Crippen molar-refractivity contribution < 1.29 is 8.42 Å². The Bertz CT molecular complexity index is 521. The highest BCUT2D eigenvalue weighted by molar-refractivity contribution is 8.00. The van der Waals surface area contributed by atoms with E-state index in [0.717, 1.165) is 11.8 Å². The monoisotopic (exact) mass is 258 g/mol. The summed E-state index contributed by atoms with van der Waals surface area (Å²) in [5, 5.41) is 13.9. The van der Waals surface area contributed by atoms with Gasteiger partial charge in [0, 0.05) is 11.4 Å². The highest BCUT2D eigenvalue weighted by atomic mass is 32.2. The van der Waals surface area contributed by atoms with Gasteiger partial charge >= 0.3 is 0 Å². The van der Waals surface area contributed by atoms with Gasteiger partial charge in [0.25, 0.3) is 0 Å². The fraction of sp³-hybridized carbons (Fsp3) is 0.375. The van der Waals surface area contributed by atoms with Gasteiger partial charge in [-0.15, -0.1) is 0 Å². The van der Waals surface area contributed by atoms with Gasteiger partial charge in [-0.3, -0.25) is 0 Å². The largest absolute Gasteiger partial charge is 0.229 e. The number of aryl methyl sites for hydroxylation is 1. The van der Waals surface area contributed by atoms with Crippen molar-refractivity contribution >= 4 is 21.8 Å². The van der Waals surface area contributed by atoms with Gasteiger partial charge in [-0.1, -0.05) is 11.8 Å². The van der Waals surface area contributed by atoms with Crippen LogP contribution in [-0.2, 0) is 10.0 Å². The van der Waals surface area contributed by atoms with E-state index in [9.17, 15) is 8.42 Å². The molecule has 0 aliphatic rings. The molecular weight excluding hydrogens is 248 g/mol. The Kier molecular flexibility index (Phi) is 4.23. The number of primary sulfonamides is 1.